The molecule has 0 N–H and O–H groups in total. The van der Waals surface area contributed by atoms with E-state index in [0.717, 1.165) is 45.3 Å². The summed E-state index contributed by atoms with van der Waals surface area (Å²) in [5.74, 6) is 0. The quantitative estimate of drug-likeness (QED) is 0.160. The third-order valence-electron chi connectivity index (χ3n) is 10.6. The zero-order valence-electron chi connectivity index (χ0n) is 35.1. The summed E-state index contributed by atoms with van der Waals surface area (Å²) in [6.07, 6.45) is 0. The van der Waals surface area contributed by atoms with Gasteiger partial charge in [-0.25, -0.2) is 0 Å². The maximum Gasteiger partial charge on any atom is 0.0887 e. The highest BCUT2D eigenvalue weighted by molar-refractivity contribution is 6.36. The number of anilines is 6. The lowest BCUT2D eigenvalue weighted by atomic mass is 9.84. The smallest absolute Gasteiger partial charge is 0.0887 e. The van der Waals surface area contributed by atoms with E-state index in [1.54, 1.807) is 0 Å². The summed E-state index contributed by atoms with van der Waals surface area (Å²) in [4.78, 5) is 4.64. The van der Waals surface area contributed by atoms with Crippen LogP contribution in [0.5, 0.6) is 0 Å². The third kappa shape index (κ3) is 8.71. The fraction of sp³-hybridized carbons (Fsp3) is 0.308. The molecule has 0 aliphatic rings. The standard InChI is InChI=1S/C52H59ClN2/c1-49(2,3)37-21-28-41(29-22-37)54(42-30-23-38(24-31-42)50(4,5)6)46-19-16-20-47(48(46)53)55(43-32-25-39(26-33-43)51(7,8)9)45-34-27-40(52(10,11)12)35-44(45)36-17-14-13-15-18-36/h13-35H,1-12H3. The van der Waals surface area contributed by atoms with Gasteiger partial charge in [-0.2, -0.15) is 0 Å². The van der Waals surface area contributed by atoms with Crippen LogP contribution in [0.25, 0.3) is 11.1 Å². The first kappa shape index (κ1) is 39.9. The number of rotatable bonds is 7. The van der Waals surface area contributed by atoms with E-state index in [2.05, 4.69) is 232 Å². The fourth-order valence-electron chi connectivity index (χ4n) is 7.07. The topological polar surface area (TPSA) is 6.48 Å². The molecule has 6 aromatic carbocycles. The maximum absolute atomic E-state index is 7.83. The second-order valence-corrected chi connectivity index (χ2v) is 19.4. The second-order valence-electron chi connectivity index (χ2n) is 19.0. The Bertz CT molecular complexity index is 2160. The van der Waals surface area contributed by atoms with Gasteiger partial charge in [0.05, 0.1) is 22.1 Å². The molecule has 284 valence electrons. The summed E-state index contributed by atoms with van der Waals surface area (Å²) in [5, 5.41) is 0.668. The Morgan fingerprint density at radius 2 is 0.709 bits per heavy atom. The zero-order valence-corrected chi connectivity index (χ0v) is 35.8. The third-order valence-corrected chi connectivity index (χ3v) is 11.0. The van der Waals surface area contributed by atoms with Gasteiger partial charge in [0.1, 0.15) is 0 Å². The van der Waals surface area contributed by atoms with Gasteiger partial charge in [0, 0.05) is 22.6 Å². The van der Waals surface area contributed by atoms with Gasteiger partial charge in [-0.15, -0.1) is 0 Å². The number of benzene rings is 6. The number of nitrogens with zero attached hydrogens (tertiary/aromatic N) is 2. The van der Waals surface area contributed by atoms with Gasteiger partial charge in [-0.3, -0.25) is 0 Å². The van der Waals surface area contributed by atoms with Gasteiger partial charge < -0.3 is 9.80 Å². The number of halogens is 1. The first-order chi connectivity index (χ1) is 25.7. The minimum absolute atomic E-state index is 0.0234. The average molecular weight is 748 g/mol. The highest BCUT2D eigenvalue weighted by atomic mass is 35.5. The Labute approximate surface area is 336 Å². The molecule has 0 amide bonds. The molecule has 6 aromatic rings. The van der Waals surface area contributed by atoms with Crippen molar-refractivity contribution >= 4 is 45.7 Å². The second kappa shape index (κ2) is 15.0. The normalized spacial score (nSPS) is 12.5. The van der Waals surface area contributed by atoms with E-state index in [1.807, 2.05) is 0 Å². The molecule has 3 heteroatoms. The molecule has 55 heavy (non-hydrogen) atoms. The van der Waals surface area contributed by atoms with E-state index in [1.165, 1.54) is 22.3 Å². The summed E-state index contributed by atoms with van der Waals surface area (Å²) in [6.45, 7) is 27.1. The average Bonchev–Trinajstić information content (AvgIpc) is 3.13. The molecule has 0 aliphatic carbocycles. The molecule has 0 spiro atoms. The van der Waals surface area contributed by atoms with Crippen LogP contribution in [0.1, 0.15) is 105 Å². The van der Waals surface area contributed by atoms with E-state index < -0.39 is 0 Å². The summed E-state index contributed by atoms with van der Waals surface area (Å²) in [6, 6.07) is 50.9. The van der Waals surface area contributed by atoms with E-state index in [-0.39, 0.29) is 21.7 Å². The van der Waals surface area contributed by atoms with Crippen LogP contribution in [-0.4, -0.2) is 0 Å². The Morgan fingerprint density at radius 1 is 0.345 bits per heavy atom. The maximum atomic E-state index is 7.83. The van der Waals surface area contributed by atoms with Gasteiger partial charge in [-0.1, -0.05) is 174 Å². The summed E-state index contributed by atoms with van der Waals surface area (Å²) < 4.78 is 0. The van der Waals surface area contributed by atoms with Crippen molar-refractivity contribution in [3.8, 4) is 11.1 Å². The molecular formula is C52H59ClN2. The predicted octanol–water partition coefficient (Wildman–Crippen LogP) is 16.1. The molecule has 0 unspecified atom stereocenters. The molecule has 6 rings (SSSR count). The lowest BCUT2D eigenvalue weighted by molar-refractivity contribution is 0.590. The Balaban J connectivity index is 1.61. The first-order valence-electron chi connectivity index (χ1n) is 19.6. The van der Waals surface area contributed by atoms with E-state index in [9.17, 15) is 0 Å². The van der Waals surface area contributed by atoms with Crippen molar-refractivity contribution in [2.75, 3.05) is 9.80 Å². The fourth-order valence-corrected chi connectivity index (χ4v) is 7.36. The Morgan fingerprint density at radius 3 is 1.11 bits per heavy atom. The molecule has 0 atom stereocenters. The zero-order chi connectivity index (χ0) is 39.9. The predicted molar refractivity (Wildman–Crippen MR) is 241 cm³/mol. The van der Waals surface area contributed by atoms with Gasteiger partial charge in [0.2, 0.25) is 0 Å². The van der Waals surface area contributed by atoms with Crippen molar-refractivity contribution in [2.24, 2.45) is 0 Å². The minimum atomic E-state index is -0.0234. The van der Waals surface area contributed by atoms with Crippen molar-refractivity contribution < 1.29 is 0 Å². The first-order valence-corrected chi connectivity index (χ1v) is 20.0. The van der Waals surface area contributed by atoms with Crippen molar-refractivity contribution in [3.63, 3.8) is 0 Å². The van der Waals surface area contributed by atoms with Crippen molar-refractivity contribution in [2.45, 2.75) is 105 Å². The Hall–Kier alpha value is -4.79. The number of hydrogen-bond donors (Lipinski definition) is 0. The van der Waals surface area contributed by atoms with Crippen molar-refractivity contribution in [3.05, 3.63) is 167 Å². The molecule has 0 bridgehead atoms. The van der Waals surface area contributed by atoms with Crippen LogP contribution in [0.2, 0.25) is 5.02 Å². The molecule has 2 nitrogen and oxygen atoms in total. The molecule has 0 fully saturated rings. The van der Waals surface area contributed by atoms with E-state index in [4.69, 9.17) is 11.6 Å². The SMILES string of the molecule is CC(C)(C)c1ccc(N(c2ccc(C(C)(C)C)cc2)c2cccc(N(c3ccc(C(C)(C)C)cc3)c3ccc(C(C)(C)C)cc3-c3ccccc3)c2Cl)cc1. The van der Waals surface area contributed by atoms with Gasteiger partial charge >= 0.3 is 0 Å². The molecule has 0 saturated carbocycles. The van der Waals surface area contributed by atoms with Crippen LogP contribution < -0.4 is 9.80 Å². The lowest BCUT2D eigenvalue weighted by Gasteiger charge is -2.33. The van der Waals surface area contributed by atoms with Crippen molar-refractivity contribution in [1.82, 2.24) is 0 Å². The lowest BCUT2D eigenvalue weighted by Crippen LogP contribution is -2.17. The van der Waals surface area contributed by atoms with E-state index >= 15 is 0 Å². The molecular weight excluding hydrogens is 688 g/mol. The van der Waals surface area contributed by atoms with Gasteiger partial charge in [-0.05, 0) is 110 Å². The van der Waals surface area contributed by atoms with Crippen LogP contribution in [0.3, 0.4) is 0 Å². The molecule has 0 aliphatic heterocycles. The Kier molecular flexibility index (Phi) is 10.9. The van der Waals surface area contributed by atoms with Gasteiger partial charge in [0.25, 0.3) is 0 Å². The molecule has 0 heterocycles. The summed E-state index contributed by atoms with van der Waals surface area (Å²) >= 11 is 7.83. The monoisotopic (exact) mass is 746 g/mol. The molecule has 0 radical (unpaired) electrons. The summed E-state index contributed by atoms with van der Waals surface area (Å²) in [5.41, 5.74) is 13.6. The van der Waals surface area contributed by atoms with Crippen LogP contribution in [0.15, 0.2) is 140 Å². The minimum Gasteiger partial charge on any atom is -0.309 e. The largest absolute Gasteiger partial charge is 0.309 e. The van der Waals surface area contributed by atoms with Crippen LogP contribution in [0.4, 0.5) is 34.1 Å². The van der Waals surface area contributed by atoms with Crippen LogP contribution in [-0.2, 0) is 21.7 Å². The van der Waals surface area contributed by atoms with Crippen LogP contribution in [0, 0.1) is 0 Å². The highest BCUT2D eigenvalue weighted by Crippen LogP contribution is 2.49. The molecule has 0 saturated heterocycles. The summed E-state index contributed by atoms with van der Waals surface area (Å²) in [7, 11) is 0. The van der Waals surface area contributed by atoms with Crippen LogP contribution >= 0.6 is 11.6 Å². The van der Waals surface area contributed by atoms with Crippen molar-refractivity contribution in [1.29, 1.82) is 0 Å². The van der Waals surface area contributed by atoms with E-state index in [0.29, 0.717) is 5.02 Å². The number of hydrogen-bond acceptors (Lipinski definition) is 2. The van der Waals surface area contributed by atoms with Gasteiger partial charge in [0.15, 0.2) is 0 Å². The molecule has 0 aromatic heterocycles. The highest BCUT2D eigenvalue weighted by Gasteiger charge is 2.27.